The first kappa shape index (κ1) is 19.4. The Labute approximate surface area is 172 Å². The molecule has 1 aliphatic rings. The van der Waals surface area contributed by atoms with E-state index in [0.29, 0.717) is 11.6 Å². The Hall–Kier alpha value is -2.88. The van der Waals surface area contributed by atoms with E-state index in [0.717, 1.165) is 32.4 Å². The minimum absolute atomic E-state index is 0.274. The van der Waals surface area contributed by atoms with Gasteiger partial charge in [0.15, 0.2) is 5.82 Å². The molecule has 150 valence electrons. The predicted molar refractivity (Wildman–Crippen MR) is 118 cm³/mol. The van der Waals surface area contributed by atoms with Crippen molar-refractivity contribution in [1.29, 1.82) is 0 Å². The Bertz CT molecular complexity index is 957. The zero-order chi connectivity index (χ0) is 20.2. The van der Waals surface area contributed by atoms with Crippen LogP contribution < -0.4 is 10.0 Å². The number of hydrogen-bond donors (Lipinski definition) is 0. The largest absolute Gasteiger partial charge is 0.284 e. The number of benzene rings is 2. The molecule has 1 unspecified atom stereocenters. The van der Waals surface area contributed by atoms with Crippen molar-refractivity contribution >= 4 is 11.4 Å². The number of rotatable bonds is 7. The zero-order valence-electron chi connectivity index (χ0n) is 17.2. The maximum absolute atomic E-state index is 14.7. The molecule has 1 aromatic heterocycles. The van der Waals surface area contributed by atoms with Gasteiger partial charge in [0.05, 0.1) is 17.6 Å². The topological polar surface area (TPSA) is 19.4 Å². The van der Waals surface area contributed by atoms with Crippen LogP contribution in [0.2, 0.25) is 0 Å². The highest BCUT2D eigenvalue weighted by Crippen LogP contribution is 2.41. The third kappa shape index (κ3) is 4.12. The van der Waals surface area contributed by atoms with Crippen LogP contribution in [0.1, 0.15) is 42.4 Å². The van der Waals surface area contributed by atoms with E-state index in [-0.39, 0.29) is 5.82 Å². The summed E-state index contributed by atoms with van der Waals surface area (Å²) >= 11 is 0. The average molecular weight is 390 g/mol. The van der Waals surface area contributed by atoms with Crippen LogP contribution in [0.25, 0.3) is 0 Å². The van der Waals surface area contributed by atoms with Crippen molar-refractivity contribution in [2.24, 2.45) is 0 Å². The van der Waals surface area contributed by atoms with Gasteiger partial charge in [-0.1, -0.05) is 61.4 Å². The number of anilines is 2. The first-order valence-electron chi connectivity index (χ1n) is 10.5. The van der Waals surface area contributed by atoms with Crippen molar-refractivity contribution in [3.05, 3.63) is 89.5 Å². The lowest BCUT2D eigenvalue weighted by molar-refractivity contribution is 0.589. The molecule has 2 heterocycles. The Morgan fingerprint density at radius 2 is 1.97 bits per heavy atom. The van der Waals surface area contributed by atoms with Gasteiger partial charge in [-0.15, -0.1) is 0 Å². The first-order chi connectivity index (χ1) is 14.2. The molecule has 4 rings (SSSR count). The molecule has 29 heavy (non-hydrogen) atoms. The summed E-state index contributed by atoms with van der Waals surface area (Å²) in [6, 6.07) is 19.0. The Morgan fingerprint density at radius 3 is 2.72 bits per heavy atom. The van der Waals surface area contributed by atoms with Crippen LogP contribution in [0, 0.1) is 12.7 Å². The van der Waals surface area contributed by atoms with E-state index >= 15 is 0 Å². The fraction of sp³-hybridized carbons (Fsp3) is 0.320. The molecule has 0 saturated heterocycles. The summed E-state index contributed by atoms with van der Waals surface area (Å²) in [5.74, 6) is 0.102. The molecule has 1 aliphatic heterocycles. The smallest absolute Gasteiger partial charge is 0.166 e. The normalized spacial score (nSPS) is 15.4. The number of hydrazine groups is 1. The fourth-order valence-electron chi connectivity index (χ4n) is 4.20. The molecule has 4 heteroatoms. The van der Waals surface area contributed by atoms with Crippen molar-refractivity contribution in [2.75, 3.05) is 23.1 Å². The van der Waals surface area contributed by atoms with Gasteiger partial charge in [-0.25, -0.2) is 4.39 Å². The maximum Gasteiger partial charge on any atom is 0.166 e. The van der Waals surface area contributed by atoms with Gasteiger partial charge < -0.3 is 0 Å². The first-order valence-corrected chi connectivity index (χ1v) is 10.5. The minimum Gasteiger partial charge on any atom is -0.284 e. The highest BCUT2D eigenvalue weighted by molar-refractivity contribution is 5.67. The van der Waals surface area contributed by atoms with Crippen molar-refractivity contribution < 1.29 is 4.39 Å². The van der Waals surface area contributed by atoms with E-state index in [1.54, 1.807) is 12.3 Å². The van der Waals surface area contributed by atoms with Crippen molar-refractivity contribution in [3.63, 3.8) is 0 Å². The molecular formula is C25H28FN3. The van der Waals surface area contributed by atoms with E-state index in [1.165, 1.54) is 28.6 Å². The standard InChI is InChI=1S/C25H28FN3/c1-3-4-14-28(25-12-13-27-17-23(25)26)29-18-21(16-20-8-6-5-7-9-20)22-15-19(2)10-11-24(22)29/h5-13,15,17,21H,3-4,14,16,18H2,1-2H3. The van der Waals surface area contributed by atoms with E-state index in [4.69, 9.17) is 0 Å². The van der Waals surface area contributed by atoms with Crippen LogP contribution in [0.3, 0.4) is 0 Å². The second-order valence-corrected chi connectivity index (χ2v) is 7.83. The minimum atomic E-state index is -0.274. The van der Waals surface area contributed by atoms with E-state index in [1.807, 2.05) is 0 Å². The molecule has 1 atom stereocenters. The summed E-state index contributed by atoms with van der Waals surface area (Å²) < 4.78 is 14.7. The van der Waals surface area contributed by atoms with Gasteiger partial charge >= 0.3 is 0 Å². The highest BCUT2D eigenvalue weighted by Gasteiger charge is 2.33. The summed E-state index contributed by atoms with van der Waals surface area (Å²) in [6.45, 7) is 5.93. The molecule has 0 aliphatic carbocycles. The molecule has 0 saturated carbocycles. The van der Waals surface area contributed by atoms with Crippen molar-refractivity contribution in [3.8, 4) is 0 Å². The summed E-state index contributed by atoms with van der Waals surface area (Å²) in [6.07, 6.45) is 6.02. The van der Waals surface area contributed by atoms with Gasteiger partial charge in [-0.05, 0) is 43.0 Å². The van der Waals surface area contributed by atoms with E-state index in [2.05, 4.69) is 77.4 Å². The lowest BCUT2D eigenvalue weighted by Gasteiger charge is -2.36. The highest BCUT2D eigenvalue weighted by atomic mass is 19.1. The molecule has 0 bridgehead atoms. The quantitative estimate of drug-likeness (QED) is 0.502. The Kier molecular flexibility index (Phi) is 5.79. The van der Waals surface area contributed by atoms with Gasteiger partial charge in [0.2, 0.25) is 0 Å². The summed E-state index contributed by atoms with van der Waals surface area (Å²) in [5.41, 5.74) is 5.73. The third-order valence-corrected chi connectivity index (χ3v) is 5.66. The molecule has 0 N–H and O–H groups in total. The lowest BCUT2D eigenvalue weighted by atomic mass is 9.93. The number of unbranched alkanes of at least 4 members (excludes halogenated alkanes) is 1. The molecule has 0 fully saturated rings. The molecule has 0 spiro atoms. The zero-order valence-corrected chi connectivity index (χ0v) is 17.2. The summed E-state index contributed by atoms with van der Waals surface area (Å²) in [7, 11) is 0. The van der Waals surface area contributed by atoms with Crippen LogP contribution in [-0.4, -0.2) is 18.1 Å². The third-order valence-electron chi connectivity index (χ3n) is 5.66. The Balaban J connectivity index is 1.71. The average Bonchev–Trinajstić information content (AvgIpc) is 3.07. The van der Waals surface area contributed by atoms with Gasteiger partial charge in [0.1, 0.15) is 0 Å². The van der Waals surface area contributed by atoms with Gasteiger partial charge in [0, 0.05) is 25.2 Å². The second kappa shape index (κ2) is 8.64. The van der Waals surface area contributed by atoms with E-state index in [9.17, 15) is 4.39 Å². The van der Waals surface area contributed by atoms with Crippen LogP contribution in [0.4, 0.5) is 15.8 Å². The molecule has 3 aromatic rings. The number of halogens is 1. The van der Waals surface area contributed by atoms with Gasteiger partial charge in [0.25, 0.3) is 0 Å². The van der Waals surface area contributed by atoms with Crippen LogP contribution in [0.5, 0.6) is 0 Å². The number of pyridine rings is 1. The number of aromatic nitrogens is 1. The van der Waals surface area contributed by atoms with Gasteiger partial charge in [-0.2, -0.15) is 0 Å². The number of aryl methyl sites for hydroxylation is 1. The number of hydrogen-bond acceptors (Lipinski definition) is 3. The molecule has 3 nitrogen and oxygen atoms in total. The predicted octanol–water partition coefficient (Wildman–Crippen LogP) is 5.90. The molecule has 2 aromatic carbocycles. The monoisotopic (exact) mass is 389 g/mol. The molecule has 0 amide bonds. The van der Waals surface area contributed by atoms with Crippen molar-refractivity contribution in [2.45, 2.75) is 39.0 Å². The Morgan fingerprint density at radius 1 is 1.14 bits per heavy atom. The molecular weight excluding hydrogens is 361 g/mol. The fourth-order valence-corrected chi connectivity index (χ4v) is 4.20. The maximum atomic E-state index is 14.7. The van der Waals surface area contributed by atoms with E-state index < -0.39 is 0 Å². The number of nitrogens with zero attached hydrogens (tertiary/aromatic N) is 3. The summed E-state index contributed by atoms with van der Waals surface area (Å²) in [5, 5.41) is 4.39. The summed E-state index contributed by atoms with van der Waals surface area (Å²) in [4.78, 5) is 3.94. The molecule has 0 radical (unpaired) electrons. The second-order valence-electron chi connectivity index (χ2n) is 7.83. The van der Waals surface area contributed by atoms with Crippen LogP contribution in [0.15, 0.2) is 67.0 Å². The van der Waals surface area contributed by atoms with Crippen LogP contribution >= 0.6 is 0 Å². The lowest BCUT2D eigenvalue weighted by Crippen LogP contribution is -2.43. The van der Waals surface area contributed by atoms with Crippen LogP contribution in [-0.2, 0) is 6.42 Å². The van der Waals surface area contributed by atoms with Gasteiger partial charge in [-0.3, -0.25) is 15.0 Å². The van der Waals surface area contributed by atoms with Crippen molar-refractivity contribution in [1.82, 2.24) is 4.98 Å². The number of fused-ring (bicyclic) bond motifs is 1. The SMILES string of the molecule is CCCCN(c1ccncc1F)N1CC(Cc2ccccc2)c2cc(C)ccc21.